The zero-order valence-electron chi connectivity index (χ0n) is 19.5. The minimum absolute atomic E-state index is 0.881. The van der Waals surface area contributed by atoms with Gasteiger partial charge in [-0.25, -0.2) is 0 Å². The molecule has 0 aromatic carbocycles. The smallest absolute Gasteiger partial charge is 0.0414 e. The van der Waals surface area contributed by atoms with E-state index in [0.717, 1.165) is 17.8 Å². The highest BCUT2D eigenvalue weighted by Gasteiger charge is 2.11. The van der Waals surface area contributed by atoms with Crippen molar-refractivity contribution in [3.63, 3.8) is 0 Å². The van der Waals surface area contributed by atoms with E-state index < -0.39 is 0 Å². The van der Waals surface area contributed by atoms with Gasteiger partial charge in [-0.1, -0.05) is 144 Å². The van der Waals surface area contributed by atoms with Crippen molar-refractivity contribution in [3.05, 3.63) is 0 Å². The standard InChI is InChI=1S/C26H54/c1-6-8-9-10-11-12-13-14-15-16-17-18-21-25(5)23-26(7-2)22-19-20-24(3)4/h24-26H,6-23H2,1-5H3. The Hall–Kier alpha value is 0. The lowest BCUT2D eigenvalue weighted by atomic mass is 9.86. The second-order valence-corrected chi connectivity index (χ2v) is 9.62. The van der Waals surface area contributed by atoms with Gasteiger partial charge in [0.1, 0.15) is 0 Å². The number of rotatable bonds is 20. The van der Waals surface area contributed by atoms with E-state index in [1.54, 1.807) is 0 Å². The van der Waals surface area contributed by atoms with Crippen molar-refractivity contribution >= 4 is 0 Å². The lowest BCUT2D eigenvalue weighted by Gasteiger charge is -2.20. The first-order valence-corrected chi connectivity index (χ1v) is 12.6. The van der Waals surface area contributed by atoms with Gasteiger partial charge in [-0.15, -0.1) is 0 Å². The molecule has 0 heterocycles. The van der Waals surface area contributed by atoms with Crippen LogP contribution in [0.2, 0.25) is 0 Å². The highest BCUT2D eigenvalue weighted by molar-refractivity contribution is 4.64. The topological polar surface area (TPSA) is 0 Å². The van der Waals surface area contributed by atoms with Crippen LogP contribution in [-0.2, 0) is 0 Å². The first-order chi connectivity index (χ1) is 12.6. The molecule has 0 aliphatic heterocycles. The molecule has 26 heavy (non-hydrogen) atoms. The number of hydrogen-bond acceptors (Lipinski definition) is 0. The zero-order chi connectivity index (χ0) is 19.5. The van der Waals surface area contributed by atoms with E-state index in [9.17, 15) is 0 Å². The summed E-state index contributed by atoms with van der Waals surface area (Å²) < 4.78 is 0. The second-order valence-electron chi connectivity index (χ2n) is 9.62. The Morgan fingerprint density at radius 1 is 0.500 bits per heavy atom. The van der Waals surface area contributed by atoms with Crippen molar-refractivity contribution in [2.45, 2.75) is 150 Å². The van der Waals surface area contributed by atoms with Gasteiger partial charge in [-0.2, -0.15) is 0 Å². The van der Waals surface area contributed by atoms with Gasteiger partial charge in [0, 0.05) is 0 Å². The van der Waals surface area contributed by atoms with Crippen molar-refractivity contribution in [1.82, 2.24) is 0 Å². The van der Waals surface area contributed by atoms with Crippen LogP contribution in [0.15, 0.2) is 0 Å². The van der Waals surface area contributed by atoms with Crippen LogP contribution in [-0.4, -0.2) is 0 Å². The average molecular weight is 367 g/mol. The van der Waals surface area contributed by atoms with E-state index in [0.29, 0.717) is 0 Å². The van der Waals surface area contributed by atoms with Crippen LogP contribution in [0, 0.1) is 17.8 Å². The monoisotopic (exact) mass is 366 g/mol. The van der Waals surface area contributed by atoms with E-state index >= 15 is 0 Å². The van der Waals surface area contributed by atoms with Crippen molar-refractivity contribution in [2.75, 3.05) is 0 Å². The van der Waals surface area contributed by atoms with Crippen LogP contribution in [0.4, 0.5) is 0 Å². The third-order valence-corrected chi connectivity index (χ3v) is 6.26. The molecule has 0 bridgehead atoms. The fourth-order valence-corrected chi connectivity index (χ4v) is 4.32. The van der Waals surface area contributed by atoms with Crippen molar-refractivity contribution < 1.29 is 0 Å². The maximum atomic E-state index is 2.50. The predicted octanol–water partition coefficient (Wildman–Crippen LogP) is 9.96. The SMILES string of the molecule is CCCCCCCCCCCCCCC(C)CC(CC)CCCC(C)C. The first-order valence-electron chi connectivity index (χ1n) is 12.6. The molecule has 0 saturated heterocycles. The van der Waals surface area contributed by atoms with Gasteiger partial charge in [-0.05, 0) is 24.2 Å². The summed E-state index contributed by atoms with van der Waals surface area (Å²) in [5.41, 5.74) is 0. The zero-order valence-corrected chi connectivity index (χ0v) is 19.5. The molecule has 0 saturated carbocycles. The average Bonchev–Trinajstić information content (AvgIpc) is 2.61. The molecule has 0 spiro atoms. The highest BCUT2D eigenvalue weighted by atomic mass is 14.2. The van der Waals surface area contributed by atoms with Crippen LogP contribution in [0.3, 0.4) is 0 Å². The molecular formula is C26H54. The maximum absolute atomic E-state index is 2.50. The Morgan fingerprint density at radius 2 is 1.00 bits per heavy atom. The van der Waals surface area contributed by atoms with Gasteiger partial charge in [-0.3, -0.25) is 0 Å². The van der Waals surface area contributed by atoms with Crippen molar-refractivity contribution in [3.8, 4) is 0 Å². The van der Waals surface area contributed by atoms with Crippen LogP contribution >= 0.6 is 0 Å². The molecule has 0 amide bonds. The lowest BCUT2D eigenvalue weighted by Crippen LogP contribution is -2.06. The molecule has 0 fully saturated rings. The Morgan fingerprint density at radius 3 is 1.46 bits per heavy atom. The summed E-state index contributed by atoms with van der Waals surface area (Å²) in [4.78, 5) is 0. The van der Waals surface area contributed by atoms with E-state index in [2.05, 4.69) is 34.6 Å². The van der Waals surface area contributed by atoms with Gasteiger partial charge >= 0.3 is 0 Å². The molecule has 0 nitrogen and oxygen atoms in total. The Labute approximate surface area is 168 Å². The summed E-state index contributed by atoms with van der Waals surface area (Å²) in [7, 11) is 0. The van der Waals surface area contributed by atoms with Crippen LogP contribution in [0.5, 0.6) is 0 Å². The number of unbranched alkanes of at least 4 members (excludes halogenated alkanes) is 11. The van der Waals surface area contributed by atoms with Crippen LogP contribution < -0.4 is 0 Å². The van der Waals surface area contributed by atoms with Gasteiger partial charge < -0.3 is 0 Å². The molecule has 0 aromatic rings. The van der Waals surface area contributed by atoms with Crippen LogP contribution in [0.1, 0.15) is 150 Å². The highest BCUT2D eigenvalue weighted by Crippen LogP contribution is 2.25. The third kappa shape index (κ3) is 18.8. The minimum Gasteiger partial charge on any atom is -0.0654 e. The van der Waals surface area contributed by atoms with E-state index in [1.807, 2.05) is 0 Å². The van der Waals surface area contributed by atoms with E-state index in [4.69, 9.17) is 0 Å². The second kappa shape index (κ2) is 19.8. The summed E-state index contributed by atoms with van der Waals surface area (Å²) in [5.74, 6) is 2.81. The normalized spacial score (nSPS) is 14.1. The minimum atomic E-state index is 0.881. The molecule has 0 heteroatoms. The van der Waals surface area contributed by atoms with E-state index in [1.165, 1.54) is 116 Å². The fourth-order valence-electron chi connectivity index (χ4n) is 4.32. The summed E-state index contributed by atoms with van der Waals surface area (Å²) in [6.07, 6.45) is 26.3. The van der Waals surface area contributed by atoms with Gasteiger partial charge in [0.15, 0.2) is 0 Å². The van der Waals surface area contributed by atoms with Crippen LogP contribution in [0.25, 0.3) is 0 Å². The van der Waals surface area contributed by atoms with E-state index in [-0.39, 0.29) is 0 Å². The third-order valence-electron chi connectivity index (χ3n) is 6.26. The molecule has 2 unspecified atom stereocenters. The molecule has 0 N–H and O–H groups in total. The quantitative estimate of drug-likeness (QED) is 0.188. The Bertz CT molecular complexity index is 255. The summed E-state index contributed by atoms with van der Waals surface area (Å²) >= 11 is 0. The fraction of sp³-hybridized carbons (Fsp3) is 1.00. The molecule has 0 radical (unpaired) electrons. The van der Waals surface area contributed by atoms with Gasteiger partial charge in [0.2, 0.25) is 0 Å². The summed E-state index contributed by atoms with van der Waals surface area (Å²) in [6, 6.07) is 0. The summed E-state index contributed by atoms with van der Waals surface area (Å²) in [6.45, 7) is 11.9. The lowest BCUT2D eigenvalue weighted by molar-refractivity contribution is 0.325. The predicted molar refractivity (Wildman–Crippen MR) is 122 cm³/mol. The molecule has 0 aliphatic rings. The number of hydrogen-bond donors (Lipinski definition) is 0. The Kier molecular flexibility index (Phi) is 19.8. The maximum Gasteiger partial charge on any atom is -0.0414 e. The summed E-state index contributed by atoms with van der Waals surface area (Å²) in [5, 5.41) is 0. The van der Waals surface area contributed by atoms with Crippen molar-refractivity contribution in [1.29, 1.82) is 0 Å². The molecule has 0 aromatic heterocycles. The Balaban J connectivity index is 3.40. The molecule has 0 rings (SSSR count). The van der Waals surface area contributed by atoms with Gasteiger partial charge in [0.05, 0.1) is 0 Å². The molecular weight excluding hydrogens is 312 g/mol. The molecule has 0 aliphatic carbocycles. The molecule has 158 valence electrons. The van der Waals surface area contributed by atoms with Gasteiger partial charge in [0.25, 0.3) is 0 Å². The molecule has 2 atom stereocenters. The largest absolute Gasteiger partial charge is 0.0654 e. The first kappa shape index (κ1) is 26.0. The van der Waals surface area contributed by atoms with Crippen molar-refractivity contribution in [2.24, 2.45) is 17.8 Å².